The molecule has 3 rings (SSSR count). The van der Waals surface area contributed by atoms with Crippen molar-refractivity contribution in [2.24, 2.45) is 0 Å². The van der Waals surface area contributed by atoms with Crippen LogP contribution in [0.5, 0.6) is 0 Å². The predicted octanol–water partition coefficient (Wildman–Crippen LogP) is 2.64. The normalized spacial score (nSPS) is 10.5. The van der Waals surface area contributed by atoms with Gasteiger partial charge in [-0.2, -0.15) is 5.10 Å². The zero-order valence-corrected chi connectivity index (χ0v) is 10.4. The molecule has 0 bridgehead atoms. The van der Waals surface area contributed by atoms with Crippen LogP contribution in [0, 0.1) is 0 Å². The Kier molecular flexibility index (Phi) is 2.98. The van der Waals surface area contributed by atoms with E-state index in [-0.39, 0.29) is 0 Å². The van der Waals surface area contributed by atoms with Crippen LogP contribution in [0.25, 0.3) is 11.4 Å². The van der Waals surface area contributed by atoms with Crippen molar-refractivity contribution in [3.63, 3.8) is 0 Å². The van der Waals surface area contributed by atoms with Gasteiger partial charge < -0.3 is 5.73 Å². The van der Waals surface area contributed by atoms with Crippen LogP contribution >= 0.6 is 0 Å². The Labute approximate surface area is 111 Å². The van der Waals surface area contributed by atoms with Gasteiger partial charge in [0.1, 0.15) is 5.82 Å². The smallest absolute Gasteiger partial charge is 0.181 e. The Hall–Kier alpha value is -2.62. The lowest BCUT2D eigenvalue weighted by molar-refractivity contribution is 0.973. The van der Waals surface area contributed by atoms with E-state index < -0.39 is 0 Å². The minimum absolute atomic E-state index is 0.700. The highest BCUT2D eigenvalue weighted by Gasteiger charge is 2.06. The number of nitrogens with two attached hydrogens (primary N) is 1. The SMILES string of the molecule is Nc1ccc(-c2n[nH]c(Cc3ccccc3)n2)cc1. The lowest BCUT2D eigenvalue weighted by atomic mass is 10.1. The van der Waals surface area contributed by atoms with Crippen molar-refractivity contribution in [1.29, 1.82) is 0 Å². The maximum absolute atomic E-state index is 5.66. The number of aromatic amines is 1. The molecule has 0 radical (unpaired) electrons. The fraction of sp³-hybridized carbons (Fsp3) is 0.0667. The van der Waals surface area contributed by atoms with E-state index in [2.05, 4.69) is 27.3 Å². The summed E-state index contributed by atoms with van der Waals surface area (Å²) in [6, 6.07) is 17.7. The Bertz CT molecular complexity index is 656. The monoisotopic (exact) mass is 250 g/mol. The predicted molar refractivity (Wildman–Crippen MR) is 75.5 cm³/mol. The number of nitrogen functional groups attached to an aromatic ring is 1. The van der Waals surface area contributed by atoms with Crippen LogP contribution in [-0.2, 0) is 6.42 Å². The molecule has 0 fully saturated rings. The molecule has 3 aromatic rings. The Morgan fingerprint density at radius 2 is 1.68 bits per heavy atom. The quantitative estimate of drug-likeness (QED) is 0.702. The van der Waals surface area contributed by atoms with Gasteiger partial charge in [0.05, 0.1) is 0 Å². The molecule has 4 nitrogen and oxygen atoms in total. The van der Waals surface area contributed by atoms with Crippen LogP contribution in [0.15, 0.2) is 54.6 Å². The van der Waals surface area contributed by atoms with Gasteiger partial charge in [-0.15, -0.1) is 0 Å². The van der Waals surface area contributed by atoms with Gasteiger partial charge >= 0.3 is 0 Å². The lowest BCUT2D eigenvalue weighted by Crippen LogP contribution is -1.90. The van der Waals surface area contributed by atoms with Crippen molar-refractivity contribution in [1.82, 2.24) is 15.2 Å². The second-order valence-corrected chi connectivity index (χ2v) is 4.39. The molecule has 1 aromatic heterocycles. The van der Waals surface area contributed by atoms with Crippen LogP contribution < -0.4 is 5.73 Å². The zero-order chi connectivity index (χ0) is 13.1. The van der Waals surface area contributed by atoms with Crippen molar-refractivity contribution in [2.45, 2.75) is 6.42 Å². The average molecular weight is 250 g/mol. The van der Waals surface area contributed by atoms with Crippen LogP contribution in [0.4, 0.5) is 5.69 Å². The summed E-state index contributed by atoms with van der Waals surface area (Å²) < 4.78 is 0. The maximum Gasteiger partial charge on any atom is 0.181 e. The molecule has 4 heteroatoms. The average Bonchev–Trinajstić information content (AvgIpc) is 2.89. The summed E-state index contributed by atoms with van der Waals surface area (Å²) in [7, 11) is 0. The highest BCUT2D eigenvalue weighted by atomic mass is 15.2. The molecule has 0 aliphatic heterocycles. The number of benzene rings is 2. The van der Waals surface area contributed by atoms with E-state index in [1.165, 1.54) is 5.56 Å². The fourth-order valence-corrected chi connectivity index (χ4v) is 1.92. The van der Waals surface area contributed by atoms with Crippen molar-refractivity contribution in [3.05, 3.63) is 66.0 Å². The van der Waals surface area contributed by atoms with E-state index in [1.54, 1.807) is 0 Å². The summed E-state index contributed by atoms with van der Waals surface area (Å²) in [5, 5.41) is 7.21. The summed E-state index contributed by atoms with van der Waals surface area (Å²) in [5.41, 5.74) is 8.58. The third-order valence-electron chi connectivity index (χ3n) is 2.91. The van der Waals surface area contributed by atoms with E-state index >= 15 is 0 Å². The van der Waals surface area contributed by atoms with E-state index in [9.17, 15) is 0 Å². The second kappa shape index (κ2) is 4.94. The van der Waals surface area contributed by atoms with Crippen molar-refractivity contribution in [3.8, 4) is 11.4 Å². The fourth-order valence-electron chi connectivity index (χ4n) is 1.92. The zero-order valence-electron chi connectivity index (χ0n) is 10.4. The summed E-state index contributed by atoms with van der Waals surface area (Å²) >= 11 is 0. The molecule has 3 N–H and O–H groups in total. The molecule has 0 saturated heterocycles. The summed E-state index contributed by atoms with van der Waals surface area (Å²) in [6.45, 7) is 0. The van der Waals surface area contributed by atoms with Gasteiger partial charge in [0, 0.05) is 17.7 Å². The third kappa shape index (κ3) is 2.63. The number of aromatic nitrogens is 3. The molecule has 0 saturated carbocycles. The number of anilines is 1. The highest BCUT2D eigenvalue weighted by Crippen LogP contribution is 2.17. The minimum Gasteiger partial charge on any atom is -0.399 e. The topological polar surface area (TPSA) is 67.6 Å². The van der Waals surface area contributed by atoms with Crippen molar-refractivity contribution >= 4 is 5.69 Å². The Morgan fingerprint density at radius 1 is 0.947 bits per heavy atom. The maximum atomic E-state index is 5.66. The molecule has 1 heterocycles. The lowest BCUT2D eigenvalue weighted by Gasteiger charge is -1.96. The van der Waals surface area contributed by atoms with Gasteiger partial charge in [-0.3, -0.25) is 5.10 Å². The molecule has 0 amide bonds. The molecule has 0 unspecified atom stereocenters. The molecular weight excluding hydrogens is 236 g/mol. The van der Waals surface area contributed by atoms with Crippen LogP contribution in [-0.4, -0.2) is 15.2 Å². The van der Waals surface area contributed by atoms with Gasteiger partial charge in [-0.1, -0.05) is 30.3 Å². The number of nitrogens with zero attached hydrogens (tertiary/aromatic N) is 2. The van der Waals surface area contributed by atoms with Crippen molar-refractivity contribution in [2.75, 3.05) is 5.73 Å². The van der Waals surface area contributed by atoms with Crippen LogP contribution in [0.3, 0.4) is 0 Å². The molecule has 0 atom stereocenters. The largest absolute Gasteiger partial charge is 0.399 e. The number of H-pyrrole nitrogens is 1. The van der Waals surface area contributed by atoms with Gasteiger partial charge in [0.15, 0.2) is 5.82 Å². The third-order valence-corrected chi connectivity index (χ3v) is 2.91. The molecule has 0 spiro atoms. The Balaban J connectivity index is 1.82. The van der Waals surface area contributed by atoms with Crippen LogP contribution in [0.1, 0.15) is 11.4 Å². The first-order valence-electron chi connectivity index (χ1n) is 6.12. The first-order valence-corrected chi connectivity index (χ1v) is 6.12. The number of nitrogens with one attached hydrogen (secondary N) is 1. The first kappa shape index (κ1) is 11.5. The number of hydrogen-bond donors (Lipinski definition) is 2. The van der Waals surface area contributed by atoms with E-state index in [4.69, 9.17) is 5.73 Å². The molecule has 2 aromatic carbocycles. The van der Waals surface area contributed by atoms with Crippen LogP contribution in [0.2, 0.25) is 0 Å². The van der Waals surface area contributed by atoms with Gasteiger partial charge in [0.2, 0.25) is 0 Å². The van der Waals surface area contributed by atoms with E-state index in [1.807, 2.05) is 42.5 Å². The van der Waals surface area contributed by atoms with Gasteiger partial charge in [-0.25, -0.2) is 4.98 Å². The number of rotatable bonds is 3. The Morgan fingerprint density at radius 3 is 2.42 bits per heavy atom. The number of hydrogen-bond acceptors (Lipinski definition) is 3. The first-order chi connectivity index (χ1) is 9.31. The van der Waals surface area contributed by atoms with Crippen molar-refractivity contribution < 1.29 is 0 Å². The summed E-state index contributed by atoms with van der Waals surface area (Å²) in [6.07, 6.45) is 0.753. The minimum atomic E-state index is 0.700. The second-order valence-electron chi connectivity index (χ2n) is 4.39. The molecule has 0 aliphatic carbocycles. The molecule has 94 valence electrons. The van der Waals surface area contributed by atoms with Gasteiger partial charge in [-0.05, 0) is 29.8 Å². The molecule has 0 aliphatic rings. The summed E-state index contributed by atoms with van der Waals surface area (Å²) in [4.78, 5) is 4.50. The highest BCUT2D eigenvalue weighted by molar-refractivity contribution is 5.58. The summed E-state index contributed by atoms with van der Waals surface area (Å²) in [5.74, 6) is 1.56. The van der Waals surface area contributed by atoms with E-state index in [0.29, 0.717) is 5.82 Å². The standard InChI is InChI=1S/C15H14N4/c16-13-8-6-12(7-9-13)15-17-14(18-19-15)10-11-4-2-1-3-5-11/h1-9H,10,16H2,(H,17,18,19). The van der Waals surface area contributed by atoms with E-state index in [0.717, 1.165) is 23.5 Å². The molecular formula is C15H14N4. The van der Waals surface area contributed by atoms with Gasteiger partial charge in [0.25, 0.3) is 0 Å². The molecule has 19 heavy (non-hydrogen) atoms.